The van der Waals surface area contributed by atoms with Crippen LogP contribution >= 0.6 is 0 Å². The van der Waals surface area contributed by atoms with Crippen molar-refractivity contribution in [2.45, 2.75) is 39.7 Å². The van der Waals surface area contributed by atoms with Crippen molar-refractivity contribution < 1.29 is 33.4 Å². The maximum atomic E-state index is 12.6. The van der Waals surface area contributed by atoms with E-state index in [2.05, 4.69) is 5.32 Å². The van der Waals surface area contributed by atoms with Crippen LogP contribution in [0.2, 0.25) is 0 Å². The predicted octanol–water partition coefficient (Wildman–Crippen LogP) is 2.98. The number of esters is 3. The standard InChI is InChI=1S/C27H31N3O7/c1-4-35-24(32)15-14-22(27(34)36-5-2)30-23(31)16-17(3)18-6-8-20(9-7-18)26(33)37-21-12-10-19(11-13-21)25(28)29/h6-13,16,22H,4-5,14-15H2,1-3H3,(H3,28,29)(H,30,31)/b17-16+/t22-/m0/s1. The van der Waals surface area contributed by atoms with Gasteiger partial charge in [0.05, 0.1) is 18.8 Å². The van der Waals surface area contributed by atoms with Gasteiger partial charge in [-0.05, 0) is 74.7 Å². The number of carbonyl (C=O) groups is 4. The van der Waals surface area contributed by atoms with Crippen LogP contribution < -0.4 is 15.8 Å². The lowest BCUT2D eigenvalue weighted by molar-refractivity contribution is -0.148. The van der Waals surface area contributed by atoms with E-state index in [9.17, 15) is 19.2 Å². The molecule has 0 saturated heterocycles. The molecule has 4 N–H and O–H groups in total. The number of benzene rings is 2. The molecular formula is C27H31N3O7. The average molecular weight is 510 g/mol. The number of amides is 1. The molecule has 1 atom stereocenters. The van der Waals surface area contributed by atoms with Crippen molar-refractivity contribution in [3.05, 3.63) is 71.3 Å². The largest absolute Gasteiger partial charge is 0.466 e. The summed E-state index contributed by atoms with van der Waals surface area (Å²) in [5.74, 6) is -1.98. The Morgan fingerprint density at radius 1 is 0.919 bits per heavy atom. The van der Waals surface area contributed by atoms with Gasteiger partial charge >= 0.3 is 17.9 Å². The fourth-order valence-electron chi connectivity index (χ4n) is 3.22. The van der Waals surface area contributed by atoms with Crippen molar-refractivity contribution in [1.82, 2.24) is 5.32 Å². The third kappa shape index (κ3) is 9.25. The molecule has 0 fully saturated rings. The summed E-state index contributed by atoms with van der Waals surface area (Å²) in [7, 11) is 0. The second kappa shape index (κ2) is 14.2. The zero-order valence-electron chi connectivity index (χ0n) is 21.0. The van der Waals surface area contributed by atoms with Gasteiger partial charge in [0, 0.05) is 18.1 Å². The topological polar surface area (TPSA) is 158 Å². The lowest BCUT2D eigenvalue weighted by Crippen LogP contribution is -2.41. The van der Waals surface area contributed by atoms with Crippen LogP contribution in [0.5, 0.6) is 5.75 Å². The van der Waals surface area contributed by atoms with E-state index in [1.807, 2.05) is 0 Å². The minimum Gasteiger partial charge on any atom is -0.466 e. The number of allylic oxidation sites excluding steroid dienone is 1. The third-order valence-corrected chi connectivity index (χ3v) is 5.13. The molecule has 0 spiro atoms. The highest BCUT2D eigenvalue weighted by atomic mass is 16.5. The molecule has 1 amide bonds. The first-order valence-corrected chi connectivity index (χ1v) is 11.7. The smallest absolute Gasteiger partial charge is 0.343 e. The summed E-state index contributed by atoms with van der Waals surface area (Å²) in [6.07, 6.45) is 1.32. The molecule has 2 aromatic carbocycles. The van der Waals surface area contributed by atoms with Crippen LogP contribution in [0.15, 0.2) is 54.6 Å². The quantitative estimate of drug-likeness (QED) is 0.130. The summed E-state index contributed by atoms with van der Waals surface area (Å²) < 4.78 is 15.2. The molecule has 37 heavy (non-hydrogen) atoms. The maximum Gasteiger partial charge on any atom is 0.343 e. The molecule has 10 heteroatoms. The van der Waals surface area contributed by atoms with E-state index in [0.717, 1.165) is 0 Å². The molecule has 0 aliphatic rings. The molecule has 0 heterocycles. The highest BCUT2D eigenvalue weighted by Crippen LogP contribution is 2.18. The summed E-state index contributed by atoms with van der Waals surface area (Å²) in [5, 5.41) is 9.97. The number of rotatable bonds is 12. The number of carbonyl (C=O) groups excluding carboxylic acids is 4. The van der Waals surface area contributed by atoms with E-state index >= 15 is 0 Å². The molecule has 196 valence electrons. The minimum absolute atomic E-state index is 0.0429. The lowest BCUT2D eigenvalue weighted by atomic mass is 10.0. The fraction of sp³-hybridized carbons (Fsp3) is 0.296. The Balaban J connectivity index is 2.02. The first kappa shape index (κ1) is 28.8. The summed E-state index contributed by atoms with van der Waals surface area (Å²) in [6, 6.07) is 11.7. The Morgan fingerprint density at radius 3 is 2.05 bits per heavy atom. The van der Waals surface area contributed by atoms with E-state index < -0.39 is 29.9 Å². The second-order valence-corrected chi connectivity index (χ2v) is 7.89. The maximum absolute atomic E-state index is 12.6. The van der Waals surface area contributed by atoms with Crippen molar-refractivity contribution in [1.29, 1.82) is 5.41 Å². The molecule has 10 nitrogen and oxygen atoms in total. The van der Waals surface area contributed by atoms with Crippen LogP contribution in [-0.4, -0.2) is 48.9 Å². The molecule has 0 saturated carbocycles. The minimum atomic E-state index is -0.998. The lowest BCUT2D eigenvalue weighted by Gasteiger charge is -2.16. The Labute approximate surface area is 215 Å². The number of nitrogens with one attached hydrogen (secondary N) is 2. The SMILES string of the molecule is CCOC(=O)CC[C@H](NC(=O)/C=C(\C)c1ccc(C(=O)Oc2ccc(C(=N)N)cc2)cc1)C(=O)OCC. The Bertz CT molecular complexity index is 1160. The Kier molecular flexibility index (Phi) is 11.0. The number of nitrogens with two attached hydrogens (primary N) is 1. The fourth-order valence-corrected chi connectivity index (χ4v) is 3.22. The molecule has 0 unspecified atom stereocenters. The molecule has 0 aliphatic carbocycles. The number of nitrogen functional groups attached to an aromatic ring is 1. The first-order valence-electron chi connectivity index (χ1n) is 11.7. The van der Waals surface area contributed by atoms with Crippen molar-refractivity contribution in [2.75, 3.05) is 13.2 Å². The Morgan fingerprint density at radius 2 is 1.49 bits per heavy atom. The van der Waals surface area contributed by atoms with Crippen LogP contribution in [0, 0.1) is 5.41 Å². The van der Waals surface area contributed by atoms with E-state index in [1.54, 1.807) is 69.3 Å². The Hall–Kier alpha value is -4.47. The van der Waals surface area contributed by atoms with Crippen LogP contribution in [0.1, 0.15) is 55.1 Å². The molecule has 2 rings (SSSR count). The van der Waals surface area contributed by atoms with Gasteiger partial charge in [0.2, 0.25) is 5.91 Å². The van der Waals surface area contributed by atoms with Gasteiger partial charge in [0.15, 0.2) is 0 Å². The van der Waals surface area contributed by atoms with E-state index in [0.29, 0.717) is 28.0 Å². The number of hydrogen-bond donors (Lipinski definition) is 3. The highest BCUT2D eigenvalue weighted by Gasteiger charge is 2.23. The molecule has 0 bridgehead atoms. The van der Waals surface area contributed by atoms with E-state index in [-0.39, 0.29) is 31.9 Å². The van der Waals surface area contributed by atoms with Gasteiger partial charge in [0.25, 0.3) is 0 Å². The van der Waals surface area contributed by atoms with Gasteiger partial charge in [-0.2, -0.15) is 0 Å². The monoisotopic (exact) mass is 509 g/mol. The number of hydrogen-bond acceptors (Lipinski definition) is 8. The second-order valence-electron chi connectivity index (χ2n) is 7.89. The first-order chi connectivity index (χ1) is 17.6. The number of ether oxygens (including phenoxy) is 3. The summed E-state index contributed by atoms with van der Waals surface area (Å²) in [5.41, 5.74) is 7.50. The van der Waals surface area contributed by atoms with Crippen molar-refractivity contribution >= 4 is 35.2 Å². The van der Waals surface area contributed by atoms with Gasteiger partial charge in [0.1, 0.15) is 17.6 Å². The molecular weight excluding hydrogens is 478 g/mol. The summed E-state index contributed by atoms with van der Waals surface area (Å²) >= 11 is 0. The van der Waals surface area contributed by atoms with Gasteiger partial charge in [-0.15, -0.1) is 0 Å². The molecule has 0 aromatic heterocycles. The van der Waals surface area contributed by atoms with Gasteiger partial charge in [-0.1, -0.05) is 12.1 Å². The van der Waals surface area contributed by atoms with Crippen LogP contribution in [0.3, 0.4) is 0 Å². The van der Waals surface area contributed by atoms with Gasteiger partial charge in [-0.25, -0.2) is 9.59 Å². The predicted molar refractivity (Wildman–Crippen MR) is 137 cm³/mol. The zero-order valence-corrected chi connectivity index (χ0v) is 21.0. The van der Waals surface area contributed by atoms with Crippen molar-refractivity contribution in [2.24, 2.45) is 5.73 Å². The van der Waals surface area contributed by atoms with Gasteiger partial charge in [-0.3, -0.25) is 15.0 Å². The zero-order chi connectivity index (χ0) is 27.4. The molecule has 2 aromatic rings. The summed E-state index contributed by atoms with van der Waals surface area (Å²) in [6.45, 7) is 5.40. The van der Waals surface area contributed by atoms with E-state index in [4.69, 9.17) is 25.4 Å². The average Bonchev–Trinajstić information content (AvgIpc) is 2.87. The van der Waals surface area contributed by atoms with Gasteiger partial charge < -0.3 is 25.3 Å². The number of amidine groups is 1. The summed E-state index contributed by atoms with van der Waals surface area (Å²) in [4.78, 5) is 48.9. The molecule has 0 radical (unpaired) electrons. The highest BCUT2D eigenvalue weighted by molar-refractivity contribution is 5.98. The van der Waals surface area contributed by atoms with Crippen LogP contribution in [0.25, 0.3) is 5.57 Å². The molecule has 0 aliphatic heterocycles. The van der Waals surface area contributed by atoms with Crippen molar-refractivity contribution in [3.63, 3.8) is 0 Å². The van der Waals surface area contributed by atoms with E-state index in [1.165, 1.54) is 6.08 Å². The normalized spacial score (nSPS) is 11.7. The van der Waals surface area contributed by atoms with Crippen LogP contribution in [0.4, 0.5) is 0 Å². The van der Waals surface area contributed by atoms with Crippen LogP contribution in [-0.2, 0) is 23.9 Å². The van der Waals surface area contributed by atoms with Crippen molar-refractivity contribution in [3.8, 4) is 5.75 Å². The third-order valence-electron chi connectivity index (χ3n) is 5.13.